The molecule has 3 aromatic carbocycles. The number of urea groups is 1. The minimum atomic E-state index is -0.507. The second-order valence-corrected chi connectivity index (χ2v) is 8.41. The van der Waals surface area contributed by atoms with Crippen molar-refractivity contribution in [1.29, 1.82) is 0 Å². The molecule has 11 nitrogen and oxygen atoms in total. The Morgan fingerprint density at radius 3 is 2.54 bits per heavy atom. The summed E-state index contributed by atoms with van der Waals surface area (Å²) in [7, 11) is 3.15. The highest BCUT2D eigenvalue weighted by molar-refractivity contribution is 5.90. The molecule has 2 heterocycles. The highest BCUT2D eigenvalue weighted by Gasteiger charge is 2.11. The summed E-state index contributed by atoms with van der Waals surface area (Å²) < 4.78 is 18.5. The number of hydrogen-bond donors (Lipinski definition) is 2. The number of amides is 2. The summed E-state index contributed by atoms with van der Waals surface area (Å²) in [5.41, 5.74) is 6.18. The molecule has 0 unspecified atom stereocenters. The van der Waals surface area contributed by atoms with Gasteiger partial charge in [0.05, 0.1) is 37.8 Å². The van der Waals surface area contributed by atoms with Crippen LogP contribution >= 0.6 is 0 Å². The summed E-state index contributed by atoms with van der Waals surface area (Å²) in [4.78, 5) is 16.7. The van der Waals surface area contributed by atoms with Crippen LogP contribution in [0.15, 0.2) is 84.2 Å². The lowest BCUT2D eigenvalue weighted by Gasteiger charge is -2.12. The van der Waals surface area contributed by atoms with Gasteiger partial charge in [-0.25, -0.2) is 14.9 Å². The van der Waals surface area contributed by atoms with Gasteiger partial charge in [0.2, 0.25) is 0 Å². The van der Waals surface area contributed by atoms with E-state index >= 15 is 0 Å². The number of carbonyl (C=O) groups excluding carboxylic acids is 1. The van der Waals surface area contributed by atoms with Crippen LogP contribution in [0.3, 0.4) is 0 Å². The van der Waals surface area contributed by atoms with Gasteiger partial charge in [-0.3, -0.25) is 4.98 Å². The smallest absolute Gasteiger partial charge is 0.339 e. The third-order valence-electron chi connectivity index (χ3n) is 5.69. The first-order valence-electron chi connectivity index (χ1n) is 11.9. The van der Waals surface area contributed by atoms with Gasteiger partial charge in [-0.2, -0.15) is 5.10 Å². The van der Waals surface area contributed by atoms with Crippen LogP contribution in [0, 0.1) is 6.92 Å². The molecule has 0 aliphatic carbocycles. The Hall–Kier alpha value is -5.45. The molecule has 0 aliphatic heterocycles. The minimum absolute atomic E-state index is 0.498. The number of aromatic nitrogens is 4. The number of hydrogen-bond acceptors (Lipinski definition) is 8. The normalized spacial score (nSPS) is 10.9. The highest BCUT2D eigenvalue weighted by atomic mass is 16.5. The van der Waals surface area contributed by atoms with Gasteiger partial charge in [0.1, 0.15) is 17.2 Å². The van der Waals surface area contributed by atoms with Gasteiger partial charge >= 0.3 is 6.03 Å². The summed E-state index contributed by atoms with van der Waals surface area (Å²) in [5.74, 6) is 2.35. The fraction of sp³-hybridized carbons (Fsp3) is 0.107. The molecule has 2 amide bonds. The van der Waals surface area contributed by atoms with Crippen molar-refractivity contribution < 1.29 is 19.0 Å². The number of rotatable bonds is 8. The zero-order valence-corrected chi connectivity index (χ0v) is 21.5. The third-order valence-corrected chi connectivity index (χ3v) is 5.69. The monoisotopic (exact) mass is 523 g/mol. The van der Waals surface area contributed by atoms with Crippen molar-refractivity contribution in [1.82, 2.24) is 25.4 Å². The number of fused-ring (bicyclic) bond motifs is 1. The number of hydrazone groups is 1. The van der Waals surface area contributed by atoms with Gasteiger partial charge in [-0.05, 0) is 61.0 Å². The van der Waals surface area contributed by atoms with Crippen molar-refractivity contribution in [2.75, 3.05) is 19.5 Å². The Bertz CT molecular complexity index is 1650. The Kier molecular flexibility index (Phi) is 7.30. The average Bonchev–Trinajstić information content (AvgIpc) is 3.42. The van der Waals surface area contributed by atoms with Crippen molar-refractivity contribution in [2.24, 2.45) is 5.10 Å². The van der Waals surface area contributed by atoms with E-state index in [0.29, 0.717) is 39.9 Å². The predicted molar refractivity (Wildman–Crippen MR) is 147 cm³/mol. The van der Waals surface area contributed by atoms with Crippen LogP contribution in [0.2, 0.25) is 0 Å². The second-order valence-electron chi connectivity index (χ2n) is 8.41. The molecule has 0 aliphatic rings. The van der Waals surface area contributed by atoms with Crippen LogP contribution in [0.25, 0.3) is 16.6 Å². The molecule has 0 radical (unpaired) electrons. The van der Waals surface area contributed by atoms with E-state index < -0.39 is 6.03 Å². The number of nitrogens with zero attached hydrogens (tertiary/aromatic N) is 5. The Balaban J connectivity index is 1.19. The first-order valence-corrected chi connectivity index (χ1v) is 11.9. The zero-order valence-electron chi connectivity index (χ0n) is 21.5. The van der Waals surface area contributed by atoms with Crippen LogP contribution in [-0.4, -0.2) is 46.4 Å². The number of ether oxygens (including phenoxy) is 3. The summed E-state index contributed by atoms with van der Waals surface area (Å²) in [6, 6.07) is 19.7. The van der Waals surface area contributed by atoms with Gasteiger partial charge in [0, 0.05) is 23.3 Å². The zero-order chi connectivity index (χ0) is 27.2. The van der Waals surface area contributed by atoms with E-state index in [1.54, 1.807) is 67.7 Å². The number of aryl methyl sites for hydroxylation is 1. The first-order chi connectivity index (χ1) is 19.0. The van der Waals surface area contributed by atoms with E-state index in [1.165, 1.54) is 6.21 Å². The fourth-order valence-electron chi connectivity index (χ4n) is 3.82. The van der Waals surface area contributed by atoms with Gasteiger partial charge in [-0.1, -0.05) is 17.3 Å². The molecule has 0 saturated heterocycles. The second kappa shape index (κ2) is 11.3. The van der Waals surface area contributed by atoms with Crippen molar-refractivity contribution in [2.45, 2.75) is 6.92 Å². The molecule has 39 heavy (non-hydrogen) atoms. The molecule has 0 atom stereocenters. The predicted octanol–water partition coefficient (Wildman–Crippen LogP) is 5.09. The Morgan fingerprint density at radius 2 is 1.77 bits per heavy atom. The largest absolute Gasteiger partial charge is 0.493 e. The standard InChI is InChI=1S/C28H25N7O4/c1-18-5-4-6-21(13-18)35-17-20(32-34-35)16-30-33-28(36)31-19-7-9-22(10-8-19)39-25-11-12-29-24-15-27(38-3)26(37-2)14-23(24)25/h4-17H,1-3H3,(H2,31,33,36)/b30-16+. The highest BCUT2D eigenvalue weighted by Crippen LogP contribution is 2.37. The Morgan fingerprint density at radius 1 is 0.974 bits per heavy atom. The molecule has 196 valence electrons. The SMILES string of the molecule is COc1cc2nccc(Oc3ccc(NC(=O)N/N=C/c4cn(-c5cccc(C)c5)nn4)cc3)c2cc1OC. The summed E-state index contributed by atoms with van der Waals surface area (Å²) >= 11 is 0. The van der Waals surface area contributed by atoms with Gasteiger partial charge < -0.3 is 19.5 Å². The summed E-state index contributed by atoms with van der Waals surface area (Å²) in [6.07, 6.45) is 4.79. The van der Waals surface area contributed by atoms with Crippen LogP contribution in [-0.2, 0) is 0 Å². The number of anilines is 1. The third kappa shape index (κ3) is 5.93. The molecule has 0 saturated carbocycles. The maximum Gasteiger partial charge on any atom is 0.339 e. The lowest BCUT2D eigenvalue weighted by atomic mass is 10.2. The van der Waals surface area contributed by atoms with E-state index in [9.17, 15) is 4.79 Å². The quantitative estimate of drug-likeness (QED) is 0.214. The Labute approximate surface area is 224 Å². The van der Waals surface area contributed by atoms with Gasteiger partial charge in [0.25, 0.3) is 0 Å². The van der Waals surface area contributed by atoms with E-state index in [2.05, 4.69) is 31.1 Å². The van der Waals surface area contributed by atoms with Crippen LogP contribution < -0.4 is 25.0 Å². The molecule has 5 rings (SSSR count). The average molecular weight is 524 g/mol. The number of carbonyl (C=O) groups is 1. The molecule has 0 spiro atoms. The van der Waals surface area contributed by atoms with Crippen LogP contribution in [0.4, 0.5) is 10.5 Å². The van der Waals surface area contributed by atoms with Crippen molar-refractivity contribution in [3.05, 3.63) is 90.4 Å². The first kappa shape index (κ1) is 25.2. The van der Waals surface area contributed by atoms with Crippen LogP contribution in [0.5, 0.6) is 23.0 Å². The summed E-state index contributed by atoms with van der Waals surface area (Å²) in [6.45, 7) is 2.00. The molecule has 2 aromatic heterocycles. The van der Waals surface area contributed by atoms with E-state index in [1.807, 2.05) is 37.3 Å². The minimum Gasteiger partial charge on any atom is -0.493 e. The number of benzene rings is 3. The lowest BCUT2D eigenvalue weighted by Crippen LogP contribution is -2.24. The maximum atomic E-state index is 12.3. The van der Waals surface area contributed by atoms with Crippen molar-refractivity contribution in [3.8, 4) is 28.7 Å². The lowest BCUT2D eigenvalue weighted by molar-refractivity contribution is 0.252. The molecular formula is C28H25N7O4. The van der Waals surface area contributed by atoms with E-state index in [0.717, 1.165) is 16.6 Å². The van der Waals surface area contributed by atoms with Gasteiger partial charge in [0.15, 0.2) is 11.5 Å². The molecular weight excluding hydrogens is 498 g/mol. The van der Waals surface area contributed by atoms with Gasteiger partial charge in [-0.15, -0.1) is 5.10 Å². The fourth-order valence-corrected chi connectivity index (χ4v) is 3.82. The maximum absolute atomic E-state index is 12.3. The topological polar surface area (TPSA) is 125 Å². The summed E-state index contributed by atoms with van der Waals surface area (Å²) in [5, 5.41) is 15.6. The van der Waals surface area contributed by atoms with Crippen molar-refractivity contribution in [3.63, 3.8) is 0 Å². The number of nitrogens with one attached hydrogen (secondary N) is 2. The number of methoxy groups -OCH3 is 2. The molecule has 2 N–H and O–H groups in total. The van der Waals surface area contributed by atoms with E-state index in [-0.39, 0.29) is 0 Å². The van der Waals surface area contributed by atoms with Crippen LogP contribution in [0.1, 0.15) is 11.3 Å². The molecule has 0 bridgehead atoms. The number of pyridine rings is 1. The molecule has 11 heteroatoms. The molecule has 5 aromatic rings. The van der Waals surface area contributed by atoms with Crippen molar-refractivity contribution >= 4 is 28.8 Å². The molecule has 0 fully saturated rings. The van der Waals surface area contributed by atoms with E-state index in [4.69, 9.17) is 14.2 Å².